The SMILES string of the molecule is O=C1CC[C@@H](Cn2cnc3ccncc3c2=O)N1. The number of amides is 1. The number of pyridine rings is 1. The Balaban J connectivity index is 1.95. The van der Waals surface area contributed by atoms with Gasteiger partial charge in [0.1, 0.15) is 0 Å². The fourth-order valence-electron chi connectivity index (χ4n) is 2.19. The normalized spacial score (nSPS) is 19.1. The number of fused-ring (bicyclic) bond motifs is 1. The minimum Gasteiger partial charge on any atom is -0.352 e. The van der Waals surface area contributed by atoms with Gasteiger partial charge in [0.15, 0.2) is 0 Å². The molecule has 0 spiro atoms. The molecule has 2 aromatic heterocycles. The first kappa shape index (κ1) is 10.9. The Bertz CT molecular complexity index is 664. The minimum absolute atomic E-state index is 0.0196. The zero-order chi connectivity index (χ0) is 12.5. The summed E-state index contributed by atoms with van der Waals surface area (Å²) in [6.45, 7) is 0.461. The van der Waals surface area contributed by atoms with Gasteiger partial charge in [0, 0.05) is 31.4 Å². The highest BCUT2D eigenvalue weighted by Gasteiger charge is 2.21. The van der Waals surface area contributed by atoms with E-state index in [2.05, 4.69) is 15.3 Å². The van der Waals surface area contributed by atoms with Gasteiger partial charge in [-0.25, -0.2) is 4.98 Å². The zero-order valence-corrected chi connectivity index (χ0v) is 9.67. The number of hydrogen-bond donors (Lipinski definition) is 1. The maximum Gasteiger partial charge on any atom is 0.262 e. The van der Waals surface area contributed by atoms with Crippen molar-refractivity contribution in [3.63, 3.8) is 0 Å². The van der Waals surface area contributed by atoms with Crippen molar-refractivity contribution >= 4 is 16.8 Å². The summed E-state index contributed by atoms with van der Waals surface area (Å²) in [5.74, 6) is 0.0449. The lowest BCUT2D eigenvalue weighted by molar-refractivity contribution is -0.119. The van der Waals surface area contributed by atoms with Crippen LogP contribution in [0, 0.1) is 0 Å². The van der Waals surface area contributed by atoms with Crippen molar-refractivity contribution in [2.24, 2.45) is 0 Å². The first-order valence-electron chi connectivity index (χ1n) is 5.82. The molecule has 0 radical (unpaired) electrons. The number of carbonyl (C=O) groups is 1. The van der Waals surface area contributed by atoms with E-state index in [1.54, 1.807) is 12.3 Å². The van der Waals surface area contributed by atoms with Gasteiger partial charge in [0.05, 0.1) is 17.2 Å². The molecular formula is C12H12N4O2. The monoisotopic (exact) mass is 244 g/mol. The third kappa shape index (κ3) is 1.85. The number of aromatic nitrogens is 3. The number of hydrogen-bond acceptors (Lipinski definition) is 4. The molecule has 1 saturated heterocycles. The van der Waals surface area contributed by atoms with E-state index in [-0.39, 0.29) is 17.5 Å². The van der Waals surface area contributed by atoms with Crippen LogP contribution in [0.2, 0.25) is 0 Å². The fourth-order valence-corrected chi connectivity index (χ4v) is 2.19. The molecule has 1 N–H and O–H groups in total. The standard InChI is InChI=1S/C12H12N4O2/c17-11-2-1-8(15-11)6-16-7-14-10-3-4-13-5-9(10)12(16)18/h3-5,7-8H,1-2,6H2,(H,15,17)/t8-/m0/s1. The molecule has 1 aliphatic rings. The fraction of sp³-hybridized carbons (Fsp3) is 0.333. The quantitative estimate of drug-likeness (QED) is 0.811. The molecule has 6 heteroatoms. The van der Waals surface area contributed by atoms with Gasteiger partial charge in [-0.15, -0.1) is 0 Å². The van der Waals surface area contributed by atoms with Gasteiger partial charge in [0.25, 0.3) is 5.56 Å². The van der Waals surface area contributed by atoms with Gasteiger partial charge in [0.2, 0.25) is 5.91 Å². The van der Waals surface area contributed by atoms with E-state index >= 15 is 0 Å². The molecule has 0 unspecified atom stereocenters. The van der Waals surface area contributed by atoms with Gasteiger partial charge in [-0.05, 0) is 12.5 Å². The molecule has 92 valence electrons. The highest BCUT2D eigenvalue weighted by atomic mass is 16.2. The molecule has 0 aliphatic carbocycles. The van der Waals surface area contributed by atoms with Crippen LogP contribution in [0.5, 0.6) is 0 Å². The average Bonchev–Trinajstić information content (AvgIpc) is 2.79. The maximum absolute atomic E-state index is 12.2. The van der Waals surface area contributed by atoms with Crippen LogP contribution in [0.1, 0.15) is 12.8 Å². The van der Waals surface area contributed by atoms with Crippen LogP contribution >= 0.6 is 0 Å². The van der Waals surface area contributed by atoms with Crippen molar-refractivity contribution in [1.82, 2.24) is 19.9 Å². The molecule has 1 aliphatic heterocycles. The van der Waals surface area contributed by atoms with Crippen LogP contribution in [0.3, 0.4) is 0 Å². The lowest BCUT2D eigenvalue weighted by Gasteiger charge is -2.12. The van der Waals surface area contributed by atoms with Gasteiger partial charge in [-0.1, -0.05) is 0 Å². The molecule has 6 nitrogen and oxygen atoms in total. The average molecular weight is 244 g/mol. The predicted molar refractivity (Wildman–Crippen MR) is 65.0 cm³/mol. The largest absolute Gasteiger partial charge is 0.352 e. The summed E-state index contributed by atoms with van der Waals surface area (Å²) in [4.78, 5) is 31.4. The lowest BCUT2D eigenvalue weighted by Crippen LogP contribution is -2.34. The van der Waals surface area contributed by atoms with E-state index in [1.165, 1.54) is 17.1 Å². The first-order valence-corrected chi connectivity index (χ1v) is 5.82. The summed E-state index contributed by atoms with van der Waals surface area (Å²) in [5, 5.41) is 3.34. The van der Waals surface area contributed by atoms with Crippen molar-refractivity contribution in [3.8, 4) is 0 Å². The van der Waals surface area contributed by atoms with Crippen LogP contribution in [0.4, 0.5) is 0 Å². The molecule has 0 aromatic carbocycles. The van der Waals surface area contributed by atoms with Crippen molar-refractivity contribution < 1.29 is 4.79 Å². The molecule has 3 heterocycles. The predicted octanol–water partition coefficient (Wildman–Crippen LogP) is 0.0701. The van der Waals surface area contributed by atoms with Crippen molar-refractivity contribution in [3.05, 3.63) is 35.1 Å². The molecule has 1 amide bonds. The van der Waals surface area contributed by atoms with E-state index < -0.39 is 0 Å². The first-order chi connectivity index (χ1) is 8.74. The van der Waals surface area contributed by atoms with E-state index in [4.69, 9.17) is 0 Å². The summed E-state index contributed by atoms with van der Waals surface area (Å²) in [5.41, 5.74) is 0.524. The van der Waals surface area contributed by atoms with Crippen LogP contribution in [0.25, 0.3) is 10.9 Å². The molecular weight excluding hydrogens is 232 g/mol. The van der Waals surface area contributed by atoms with E-state index in [0.717, 1.165) is 6.42 Å². The van der Waals surface area contributed by atoms with Gasteiger partial charge >= 0.3 is 0 Å². The second-order valence-electron chi connectivity index (χ2n) is 4.40. The lowest BCUT2D eigenvalue weighted by atomic mass is 10.2. The second kappa shape index (κ2) is 4.21. The minimum atomic E-state index is -0.116. The summed E-state index contributed by atoms with van der Waals surface area (Å²) in [6, 6.07) is 1.73. The van der Waals surface area contributed by atoms with Gasteiger partial charge < -0.3 is 5.32 Å². The highest BCUT2D eigenvalue weighted by Crippen LogP contribution is 2.09. The third-order valence-corrected chi connectivity index (χ3v) is 3.13. The van der Waals surface area contributed by atoms with Crippen LogP contribution in [-0.2, 0) is 11.3 Å². The van der Waals surface area contributed by atoms with E-state index in [1.807, 2.05) is 0 Å². The number of nitrogens with one attached hydrogen (secondary N) is 1. The Labute approximate surface area is 103 Å². The van der Waals surface area contributed by atoms with Crippen molar-refractivity contribution in [1.29, 1.82) is 0 Å². The molecule has 3 rings (SSSR count). The van der Waals surface area contributed by atoms with Crippen LogP contribution in [-0.4, -0.2) is 26.5 Å². The number of rotatable bonds is 2. The zero-order valence-electron chi connectivity index (χ0n) is 9.67. The molecule has 18 heavy (non-hydrogen) atoms. The number of nitrogens with zero attached hydrogens (tertiary/aromatic N) is 3. The van der Waals surface area contributed by atoms with Gasteiger partial charge in [-0.3, -0.25) is 19.1 Å². The summed E-state index contributed by atoms with van der Waals surface area (Å²) < 4.78 is 1.53. The summed E-state index contributed by atoms with van der Waals surface area (Å²) in [7, 11) is 0. The molecule has 0 bridgehead atoms. The summed E-state index contributed by atoms with van der Waals surface area (Å²) in [6.07, 6.45) is 5.94. The Morgan fingerprint density at radius 3 is 3.11 bits per heavy atom. The molecule has 1 atom stereocenters. The number of carbonyl (C=O) groups excluding carboxylic acids is 1. The topological polar surface area (TPSA) is 76.9 Å². The summed E-state index contributed by atoms with van der Waals surface area (Å²) >= 11 is 0. The third-order valence-electron chi connectivity index (χ3n) is 3.13. The van der Waals surface area contributed by atoms with Gasteiger partial charge in [-0.2, -0.15) is 0 Å². The Morgan fingerprint density at radius 2 is 2.33 bits per heavy atom. The van der Waals surface area contributed by atoms with E-state index in [0.29, 0.717) is 23.9 Å². The Hall–Kier alpha value is -2.24. The molecule has 1 fully saturated rings. The highest BCUT2D eigenvalue weighted by molar-refractivity contribution is 5.78. The van der Waals surface area contributed by atoms with E-state index in [9.17, 15) is 9.59 Å². The molecule has 2 aromatic rings. The smallest absolute Gasteiger partial charge is 0.262 e. The Morgan fingerprint density at radius 1 is 1.44 bits per heavy atom. The maximum atomic E-state index is 12.2. The Kier molecular flexibility index (Phi) is 2.55. The second-order valence-corrected chi connectivity index (χ2v) is 4.40. The van der Waals surface area contributed by atoms with Crippen molar-refractivity contribution in [2.45, 2.75) is 25.4 Å². The van der Waals surface area contributed by atoms with Crippen molar-refractivity contribution in [2.75, 3.05) is 0 Å². The van der Waals surface area contributed by atoms with Crippen LogP contribution in [0.15, 0.2) is 29.6 Å². The van der Waals surface area contributed by atoms with Crippen LogP contribution < -0.4 is 10.9 Å². The molecule has 0 saturated carbocycles.